The summed E-state index contributed by atoms with van der Waals surface area (Å²) in [7, 11) is 0. The summed E-state index contributed by atoms with van der Waals surface area (Å²) in [6, 6.07) is 16.7. The van der Waals surface area contributed by atoms with Crippen molar-refractivity contribution < 1.29 is 19.4 Å². The molecule has 3 rings (SSSR count). The molecule has 23 heavy (non-hydrogen) atoms. The van der Waals surface area contributed by atoms with Gasteiger partial charge in [0.05, 0.1) is 6.61 Å². The second-order valence-electron chi connectivity index (χ2n) is 5.43. The maximum Gasteiger partial charge on any atom is 0.312 e. The second-order valence-corrected chi connectivity index (χ2v) is 5.43. The van der Waals surface area contributed by atoms with E-state index in [0.29, 0.717) is 17.9 Å². The SMILES string of the molecule is O=C(O)[C@H]1CN(C(=O)COCc2ccccc2)c2ccccc21. The van der Waals surface area contributed by atoms with Crippen LogP contribution >= 0.6 is 0 Å². The Morgan fingerprint density at radius 1 is 1.09 bits per heavy atom. The van der Waals surface area contributed by atoms with Crippen molar-refractivity contribution in [1.82, 2.24) is 0 Å². The topological polar surface area (TPSA) is 66.8 Å². The summed E-state index contributed by atoms with van der Waals surface area (Å²) >= 11 is 0. The smallest absolute Gasteiger partial charge is 0.312 e. The summed E-state index contributed by atoms with van der Waals surface area (Å²) in [4.78, 5) is 25.2. The van der Waals surface area contributed by atoms with E-state index in [0.717, 1.165) is 5.56 Å². The van der Waals surface area contributed by atoms with Gasteiger partial charge in [0.2, 0.25) is 0 Å². The minimum absolute atomic E-state index is 0.0738. The zero-order valence-corrected chi connectivity index (χ0v) is 12.5. The molecule has 5 nitrogen and oxygen atoms in total. The first kappa shape index (κ1) is 15.2. The Bertz CT molecular complexity index is 714. The van der Waals surface area contributed by atoms with E-state index < -0.39 is 11.9 Å². The number of anilines is 1. The number of carbonyl (C=O) groups excluding carboxylic acids is 1. The number of para-hydroxylation sites is 1. The van der Waals surface area contributed by atoms with Crippen molar-refractivity contribution in [3.8, 4) is 0 Å². The summed E-state index contributed by atoms with van der Waals surface area (Å²) in [6.45, 7) is 0.433. The molecular formula is C18H17NO4. The van der Waals surface area contributed by atoms with Crippen LogP contribution in [0.15, 0.2) is 54.6 Å². The van der Waals surface area contributed by atoms with Gasteiger partial charge < -0.3 is 14.7 Å². The third kappa shape index (κ3) is 3.24. The van der Waals surface area contributed by atoms with Gasteiger partial charge in [-0.1, -0.05) is 48.5 Å². The fourth-order valence-electron chi connectivity index (χ4n) is 2.76. The van der Waals surface area contributed by atoms with E-state index in [-0.39, 0.29) is 19.1 Å². The number of aliphatic carboxylic acids is 1. The molecule has 1 atom stereocenters. The van der Waals surface area contributed by atoms with Crippen LogP contribution in [0.2, 0.25) is 0 Å². The van der Waals surface area contributed by atoms with E-state index in [4.69, 9.17) is 4.74 Å². The highest BCUT2D eigenvalue weighted by Crippen LogP contribution is 2.36. The number of amides is 1. The Balaban J connectivity index is 1.65. The zero-order chi connectivity index (χ0) is 16.2. The number of benzene rings is 2. The number of ether oxygens (including phenoxy) is 1. The van der Waals surface area contributed by atoms with Crippen LogP contribution in [0.4, 0.5) is 5.69 Å². The number of fused-ring (bicyclic) bond motifs is 1. The molecule has 2 aromatic carbocycles. The molecule has 0 bridgehead atoms. The van der Waals surface area contributed by atoms with E-state index in [2.05, 4.69) is 0 Å². The van der Waals surface area contributed by atoms with Gasteiger partial charge in [-0.15, -0.1) is 0 Å². The third-order valence-corrected chi connectivity index (χ3v) is 3.90. The fourth-order valence-corrected chi connectivity index (χ4v) is 2.76. The van der Waals surface area contributed by atoms with Gasteiger partial charge in [-0.2, -0.15) is 0 Å². The van der Waals surface area contributed by atoms with E-state index >= 15 is 0 Å². The Morgan fingerprint density at radius 3 is 2.52 bits per heavy atom. The predicted octanol–water partition coefficient (Wildman–Crippen LogP) is 2.42. The Hall–Kier alpha value is -2.66. The van der Waals surface area contributed by atoms with Gasteiger partial charge in [0, 0.05) is 12.2 Å². The van der Waals surface area contributed by atoms with E-state index in [1.54, 1.807) is 24.3 Å². The number of rotatable bonds is 5. The Morgan fingerprint density at radius 2 is 1.78 bits per heavy atom. The molecule has 0 unspecified atom stereocenters. The van der Waals surface area contributed by atoms with Crippen molar-refractivity contribution in [1.29, 1.82) is 0 Å². The molecule has 0 aromatic heterocycles. The van der Waals surface area contributed by atoms with Gasteiger partial charge in [-0.05, 0) is 17.2 Å². The van der Waals surface area contributed by atoms with Gasteiger partial charge in [0.25, 0.3) is 5.91 Å². The number of carbonyl (C=O) groups is 2. The van der Waals surface area contributed by atoms with Crippen molar-refractivity contribution in [2.24, 2.45) is 0 Å². The van der Waals surface area contributed by atoms with Crippen LogP contribution in [-0.4, -0.2) is 30.1 Å². The van der Waals surface area contributed by atoms with Crippen molar-refractivity contribution in [2.75, 3.05) is 18.1 Å². The minimum Gasteiger partial charge on any atom is -0.481 e. The summed E-state index contributed by atoms with van der Waals surface area (Å²) < 4.78 is 5.47. The lowest BCUT2D eigenvalue weighted by atomic mass is 10.0. The van der Waals surface area contributed by atoms with Crippen LogP contribution < -0.4 is 4.90 Å². The van der Waals surface area contributed by atoms with Crippen LogP contribution in [0, 0.1) is 0 Å². The molecule has 1 heterocycles. The number of nitrogens with zero attached hydrogens (tertiary/aromatic N) is 1. The highest BCUT2D eigenvalue weighted by molar-refractivity contribution is 5.99. The fraction of sp³-hybridized carbons (Fsp3) is 0.222. The lowest BCUT2D eigenvalue weighted by Crippen LogP contribution is -2.34. The highest BCUT2D eigenvalue weighted by Gasteiger charge is 2.36. The Kier molecular flexibility index (Phi) is 4.39. The Labute approximate surface area is 134 Å². The lowest BCUT2D eigenvalue weighted by molar-refractivity contribution is -0.138. The summed E-state index contributed by atoms with van der Waals surface area (Å²) in [5.41, 5.74) is 2.33. The first-order valence-electron chi connectivity index (χ1n) is 7.40. The number of hydrogen-bond acceptors (Lipinski definition) is 3. The molecule has 0 saturated carbocycles. The number of hydrogen-bond donors (Lipinski definition) is 1. The average molecular weight is 311 g/mol. The highest BCUT2D eigenvalue weighted by atomic mass is 16.5. The van der Waals surface area contributed by atoms with Crippen LogP contribution in [-0.2, 0) is 20.9 Å². The molecule has 0 aliphatic carbocycles. The summed E-state index contributed by atoms with van der Waals surface area (Å²) in [6.07, 6.45) is 0. The molecule has 1 aliphatic rings. The monoisotopic (exact) mass is 311 g/mol. The van der Waals surface area contributed by atoms with Crippen LogP contribution in [0.5, 0.6) is 0 Å². The van der Waals surface area contributed by atoms with Crippen LogP contribution in [0.3, 0.4) is 0 Å². The van der Waals surface area contributed by atoms with Gasteiger partial charge >= 0.3 is 5.97 Å². The lowest BCUT2D eigenvalue weighted by Gasteiger charge is -2.17. The van der Waals surface area contributed by atoms with Gasteiger partial charge in [-0.3, -0.25) is 9.59 Å². The largest absolute Gasteiger partial charge is 0.481 e. The third-order valence-electron chi connectivity index (χ3n) is 3.90. The zero-order valence-electron chi connectivity index (χ0n) is 12.5. The maximum absolute atomic E-state index is 12.4. The normalized spacial score (nSPS) is 16.2. The van der Waals surface area contributed by atoms with E-state index in [9.17, 15) is 14.7 Å². The molecule has 1 N–H and O–H groups in total. The summed E-state index contributed by atoms with van der Waals surface area (Å²) in [5.74, 6) is -1.82. The van der Waals surface area contributed by atoms with Crippen LogP contribution in [0.1, 0.15) is 17.0 Å². The van der Waals surface area contributed by atoms with E-state index in [1.165, 1.54) is 4.90 Å². The molecule has 0 saturated heterocycles. The molecule has 0 radical (unpaired) electrons. The average Bonchev–Trinajstić information content (AvgIpc) is 2.96. The number of carboxylic acids is 1. The van der Waals surface area contributed by atoms with Crippen molar-refractivity contribution in [3.05, 3.63) is 65.7 Å². The predicted molar refractivity (Wildman–Crippen MR) is 85.3 cm³/mol. The molecule has 118 valence electrons. The summed E-state index contributed by atoms with van der Waals surface area (Å²) in [5, 5.41) is 9.32. The standard InChI is InChI=1S/C18H17NO4/c20-17(12-23-11-13-6-2-1-3-7-13)19-10-15(18(21)22)14-8-4-5-9-16(14)19/h1-9,15H,10-12H2,(H,21,22)/t15-/m0/s1. The first-order chi connectivity index (χ1) is 11.2. The maximum atomic E-state index is 12.4. The molecule has 1 aliphatic heterocycles. The minimum atomic E-state index is -0.919. The van der Waals surface area contributed by atoms with Crippen molar-refractivity contribution in [3.63, 3.8) is 0 Å². The quantitative estimate of drug-likeness (QED) is 0.921. The van der Waals surface area contributed by atoms with Crippen molar-refractivity contribution >= 4 is 17.6 Å². The molecule has 2 aromatic rings. The van der Waals surface area contributed by atoms with Gasteiger partial charge in [-0.25, -0.2) is 0 Å². The van der Waals surface area contributed by atoms with Crippen molar-refractivity contribution in [2.45, 2.75) is 12.5 Å². The molecule has 0 spiro atoms. The second kappa shape index (κ2) is 6.62. The number of carboxylic acid groups (broad SMARTS) is 1. The molecule has 1 amide bonds. The first-order valence-corrected chi connectivity index (χ1v) is 7.40. The van der Waals surface area contributed by atoms with E-state index in [1.807, 2.05) is 30.3 Å². The molecule has 5 heteroatoms. The molecule has 0 fully saturated rings. The van der Waals surface area contributed by atoms with Gasteiger partial charge in [0.15, 0.2) is 0 Å². The van der Waals surface area contributed by atoms with Crippen LogP contribution in [0.25, 0.3) is 0 Å². The molecular weight excluding hydrogens is 294 g/mol. The van der Waals surface area contributed by atoms with Gasteiger partial charge in [0.1, 0.15) is 12.5 Å².